The Balaban J connectivity index is 0.00000288. The molecule has 1 aliphatic rings. The summed E-state index contributed by atoms with van der Waals surface area (Å²) in [5.74, 6) is 0.575. The molecule has 0 radical (unpaired) electrons. The fourth-order valence-electron chi connectivity index (χ4n) is 2.87. The van der Waals surface area contributed by atoms with Gasteiger partial charge < -0.3 is 16.0 Å². The van der Waals surface area contributed by atoms with Crippen LogP contribution in [0.4, 0.5) is 5.69 Å². The average Bonchev–Trinajstić information content (AvgIpc) is 3.03. The number of carbonyl (C=O) groups is 1. The van der Waals surface area contributed by atoms with Gasteiger partial charge in [0.1, 0.15) is 0 Å². The lowest BCUT2D eigenvalue weighted by Crippen LogP contribution is -2.46. The minimum atomic E-state index is -0.0878. The van der Waals surface area contributed by atoms with Crippen molar-refractivity contribution >= 4 is 41.5 Å². The van der Waals surface area contributed by atoms with E-state index in [0.717, 1.165) is 18.8 Å². The number of aliphatic imine (C=N–C) groups is 1. The molecule has 1 aliphatic heterocycles. The van der Waals surface area contributed by atoms with E-state index >= 15 is 0 Å². The number of hydrogen-bond donors (Lipinski definition) is 3. The van der Waals surface area contributed by atoms with Gasteiger partial charge in [-0.05, 0) is 38.1 Å². The molecule has 0 bridgehead atoms. The van der Waals surface area contributed by atoms with Crippen molar-refractivity contribution in [2.45, 2.75) is 25.8 Å². The van der Waals surface area contributed by atoms with Crippen LogP contribution in [-0.4, -0.2) is 56.0 Å². The molecule has 1 fully saturated rings. The Morgan fingerprint density at radius 2 is 2.04 bits per heavy atom. The van der Waals surface area contributed by atoms with Gasteiger partial charge in [-0.25, -0.2) is 0 Å². The molecule has 2 rings (SSSR count). The number of nitrogens with zero attached hydrogens (tertiary/aromatic N) is 2. The molecular weight excluding hydrogens is 417 g/mol. The van der Waals surface area contributed by atoms with Crippen LogP contribution < -0.4 is 16.0 Å². The molecule has 0 aromatic heterocycles. The second kappa shape index (κ2) is 11.2. The Bertz CT molecular complexity index is 523. The third-order valence-corrected chi connectivity index (χ3v) is 4.11. The number of hydrogen-bond acceptors (Lipinski definition) is 3. The molecule has 24 heavy (non-hydrogen) atoms. The Morgan fingerprint density at radius 1 is 1.29 bits per heavy atom. The van der Waals surface area contributed by atoms with E-state index < -0.39 is 0 Å². The van der Waals surface area contributed by atoms with Gasteiger partial charge in [-0.3, -0.25) is 14.7 Å². The van der Waals surface area contributed by atoms with Crippen molar-refractivity contribution in [2.75, 3.05) is 38.5 Å². The van der Waals surface area contributed by atoms with Crippen LogP contribution in [0.1, 0.15) is 19.8 Å². The van der Waals surface area contributed by atoms with E-state index in [1.54, 1.807) is 7.05 Å². The molecule has 6 nitrogen and oxygen atoms in total. The van der Waals surface area contributed by atoms with Crippen LogP contribution in [0.25, 0.3) is 0 Å². The van der Waals surface area contributed by atoms with Gasteiger partial charge in [0.05, 0.1) is 6.54 Å². The number of guanidine groups is 1. The lowest BCUT2D eigenvalue weighted by Gasteiger charge is -2.23. The first-order valence-electron chi connectivity index (χ1n) is 8.26. The SMILES string of the molecule is CCN1CCCC1CNC(=NC)NCC(=O)Nc1ccccc1.I. The first kappa shape index (κ1) is 20.7. The molecule has 1 saturated heterocycles. The molecule has 7 heteroatoms. The summed E-state index contributed by atoms with van der Waals surface area (Å²) in [6.45, 7) is 5.50. The minimum Gasteiger partial charge on any atom is -0.355 e. The highest BCUT2D eigenvalue weighted by atomic mass is 127. The topological polar surface area (TPSA) is 68.8 Å². The zero-order chi connectivity index (χ0) is 16.5. The number of nitrogens with one attached hydrogen (secondary N) is 3. The first-order valence-corrected chi connectivity index (χ1v) is 8.26. The van der Waals surface area contributed by atoms with Crippen molar-refractivity contribution in [3.8, 4) is 0 Å². The van der Waals surface area contributed by atoms with E-state index in [1.807, 2.05) is 30.3 Å². The van der Waals surface area contributed by atoms with Gasteiger partial charge in [0.25, 0.3) is 0 Å². The number of halogens is 1. The molecule has 1 aromatic rings. The predicted octanol–water partition coefficient (Wildman–Crippen LogP) is 1.89. The summed E-state index contributed by atoms with van der Waals surface area (Å²) in [6.07, 6.45) is 2.47. The van der Waals surface area contributed by atoms with Crippen molar-refractivity contribution in [3.63, 3.8) is 0 Å². The van der Waals surface area contributed by atoms with Crippen molar-refractivity contribution in [1.29, 1.82) is 0 Å². The largest absolute Gasteiger partial charge is 0.355 e. The van der Waals surface area contributed by atoms with Crippen LogP contribution in [0, 0.1) is 0 Å². The second-order valence-electron chi connectivity index (χ2n) is 5.65. The van der Waals surface area contributed by atoms with Gasteiger partial charge in [-0.1, -0.05) is 25.1 Å². The zero-order valence-electron chi connectivity index (χ0n) is 14.4. The van der Waals surface area contributed by atoms with E-state index in [0.29, 0.717) is 12.0 Å². The monoisotopic (exact) mass is 445 g/mol. The molecule has 134 valence electrons. The number of likely N-dealkylation sites (tertiary alicyclic amines) is 1. The number of rotatable bonds is 6. The van der Waals surface area contributed by atoms with Crippen molar-refractivity contribution in [1.82, 2.24) is 15.5 Å². The molecule has 1 amide bonds. The number of para-hydroxylation sites is 1. The Kier molecular flexibility index (Phi) is 9.70. The summed E-state index contributed by atoms with van der Waals surface area (Å²) in [4.78, 5) is 18.6. The molecule has 1 atom stereocenters. The normalized spacial score (nSPS) is 17.9. The summed E-state index contributed by atoms with van der Waals surface area (Å²) in [6, 6.07) is 9.99. The highest BCUT2D eigenvalue weighted by Gasteiger charge is 2.22. The van der Waals surface area contributed by atoms with Gasteiger partial charge in [0, 0.05) is 25.3 Å². The zero-order valence-corrected chi connectivity index (χ0v) is 16.7. The Hall–Kier alpha value is -1.35. The number of benzene rings is 1. The third kappa shape index (κ3) is 6.64. The Labute approximate surface area is 161 Å². The third-order valence-electron chi connectivity index (χ3n) is 4.11. The summed E-state index contributed by atoms with van der Waals surface area (Å²) in [5.41, 5.74) is 0.798. The quantitative estimate of drug-likeness (QED) is 0.356. The van der Waals surface area contributed by atoms with Crippen LogP contribution in [-0.2, 0) is 4.79 Å². The van der Waals surface area contributed by atoms with E-state index in [9.17, 15) is 4.79 Å². The minimum absolute atomic E-state index is 0. The molecule has 1 heterocycles. The number of likely N-dealkylation sites (N-methyl/N-ethyl adjacent to an activating group) is 1. The Morgan fingerprint density at radius 3 is 2.71 bits per heavy atom. The summed E-state index contributed by atoms with van der Waals surface area (Å²) >= 11 is 0. The van der Waals surface area contributed by atoms with Crippen molar-refractivity contribution < 1.29 is 4.79 Å². The van der Waals surface area contributed by atoms with E-state index in [-0.39, 0.29) is 36.4 Å². The number of amides is 1. The maximum absolute atomic E-state index is 11.9. The number of carbonyl (C=O) groups excluding carboxylic acids is 1. The number of anilines is 1. The standard InChI is InChI=1S/C17H27N5O.HI/c1-3-22-11-7-10-15(22)12-19-17(18-2)20-13-16(23)21-14-8-5-4-6-9-14;/h4-6,8-9,15H,3,7,10-13H2,1-2H3,(H,21,23)(H2,18,19,20);1H. The van der Waals surface area contributed by atoms with Crippen LogP contribution >= 0.6 is 24.0 Å². The van der Waals surface area contributed by atoms with Crippen molar-refractivity contribution in [3.05, 3.63) is 30.3 Å². The maximum Gasteiger partial charge on any atom is 0.243 e. The molecule has 1 aromatic carbocycles. The van der Waals surface area contributed by atoms with E-state index in [4.69, 9.17) is 0 Å². The molecule has 0 spiro atoms. The summed E-state index contributed by atoms with van der Waals surface area (Å²) in [7, 11) is 1.72. The van der Waals surface area contributed by atoms with Gasteiger partial charge in [-0.15, -0.1) is 24.0 Å². The molecule has 3 N–H and O–H groups in total. The van der Waals surface area contributed by atoms with Crippen LogP contribution in [0.3, 0.4) is 0 Å². The molecular formula is C17H28IN5O. The summed E-state index contributed by atoms with van der Waals surface area (Å²) in [5, 5.41) is 9.21. The summed E-state index contributed by atoms with van der Waals surface area (Å²) < 4.78 is 0. The first-order chi connectivity index (χ1) is 11.2. The average molecular weight is 445 g/mol. The van der Waals surface area contributed by atoms with E-state index in [2.05, 4.69) is 32.8 Å². The lowest BCUT2D eigenvalue weighted by molar-refractivity contribution is -0.115. The van der Waals surface area contributed by atoms with E-state index in [1.165, 1.54) is 19.4 Å². The van der Waals surface area contributed by atoms with Gasteiger partial charge >= 0.3 is 0 Å². The van der Waals surface area contributed by atoms with Gasteiger partial charge in [-0.2, -0.15) is 0 Å². The second-order valence-corrected chi connectivity index (χ2v) is 5.65. The van der Waals surface area contributed by atoms with Crippen molar-refractivity contribution in [2.24, 2.45) is 4.99 Å². The van der Waals surface area contributed by atoms with Crippen LogP contribution in [0.5, 0.6) is 0 Å². The molecule has 0 saturated carbocycles. The van der Waals surface area contributed by atoms with Gasteiger partial charge in [0.15, 0.2) is 5.96 Å². The van der Waals surface area contributed by atoms with Crippen LogP contribution in [0.15, 0.2) is 35.3 Å². The predicted molar refractivity (Wildman–Crippen MR) is 110 cm³/mol. The highest BCUT2D eigenvalue weighted by molar-refractivity contribution is 14.0. The lowest BCUT2D eigenvalue weighted by atomic mass is 10.2. The smallest absolute Gasteiger partial charge is 0.243 e. The van der Waals surface area contributed by atoms with Gasteiger partial charge in [0.2, 0.25) is 5.91 Å². The maximum atomic E-state index is 11.9. The fourth-order valence-corrected chi connectivity index (χ4v) is 2.87. The fraction of sp³-hybridized carbons (Fsp3) is 0.529. The molecule has 1 unspecified atom stereocenters. The molecule has 0 aliphatic carbocycles. The van der Waals surface area contributed by atoms with Crippen LogP contribution in [0.2, 0.25) is 0 Å². The highest BCUT2D eigenvalue weighted by Crippen LogP contribution is 2.15.